The highest BCUT2D eigenvalue weighted by Gasteiger charge is 2.19. The van der Waals surface area contributed by atoms with Crippen molar-refractivity contribution in [3.63, 3.8) is 0 Å². The van der Waals surface area contributed by atoms with E-state index in [1.807, 2.05) is 20.8 Å². The molecule has 25 heavy (non-hydrogen) atoms. The third-order valence-corrected chi connectivity index (χ3v) is 4.15. The molecule has 7 heteroatoms. The lowest BCUT2D eigenvalue weighted by Gasteiger charge is -2.21. The van der Waals surface area contributed by atoms with E-state index in [0.717, 1.165) is 0 Å². The normalized spacial score (nSPS) is 10.8. The highest BCUT2D eigenvalue weighted by atomic mass is 16.6. The van der Waals surface area contributed by atoms with Crippen LogP contribution in [0.1, 0.15) is 20.8 Å². The molecule has 0 aliphatic heterocycles. The van der Waals surface area contributed by atoms with E-state index in [0.29, 0.717) is 34.6 Å². The van der Waals surface area contributed by atoms with E-state index in [1.54, 1.807) is 25.4 Å². The number of carbonyl (C=O) groups excluding carboxylic acids is 1. The van der Waals surface area contributed by atoms with Crippen molar-refractivity contribution in [1.29, 1.82) is 0 Å². The van der Waals surface area contributed by atoms with Crippen LogP contribution < -0.4 is 19.8 Å². The van der Waals surface area contributed by atoms with Crippen LogP contribution in [0, 0.1) is 0 Å². The van der Waals surface area contributed by atoms with Gasteiger partial charge in [-0.05, 0) is 32.9 Å². The molecule has 136 valence electrons. The molecule has 0 aliphatic carbocycles. The van der Waals surface area contributed by atoms with Crippen LogP contribution in [-0.4, -0.2) is 42.9 Å². The minimum absolute atomic E-state index is 0.00882. The first-order valence-electron chi connectivity index (χ1n) is 8.07. The number of fused-ring (bicyclic) bond motifs is 1. The van der Waals surface area contributed by atoms with Crippen molar-refractivity contribution in [3.8, 4) is 17.2 Å². The molecule has 1 aromatic heterocycles. The molecular weight excluding hydrogens is 324 g/mol. The first-order chi connectivity index (χ1) is 11.8. The van der Waals surface area contributed by atoms with Gasteiger partial charge in [0, 0.05) is 25.0 Å². The SMILES string of the molecule is CCn1cc(OC(=O)N(C)C(C)C)c2cc(OC)c(OC)cc2c1=O. The zero-order valence-electron chi connectivity index (χ0n) is 15.5. The number of aryl methyl sites for hydroxylation is 1. The predicted molar refractivity (Wildman–Crippen MR) is 95.9 cm³/mol. The molecule has 0 N–H and O–H groups in total. The summed E-state index contributed by atoms with van der Waals surface area (Å²) >= 11 is 0. The third-order valence-electron chi connectivity index (χ3n) is 4.15. The fourth-order valence-electron chi connectivity index (χ4n) is 2.38. The Labute approximate surface area is 146 Å². The van der Waals surface area contributed by atoms with Gasteiger partial charge in [0.05, 0.1) is 25.8 Å². The van der Waals surface area contributed by atoms with Crippen molar-refractivity contribution in [2.45, 2.75) is 33.4 Å². The Morgan fingerprint density at radius 3 is 2.16 bits per heavy atom. The number of ether oxygens (including phenoxy) is 3. The van der Waals surface area contributed by atoms with Gasteiger partial charge in [0.15, 0.2) is 17.2 Å². The van der Waals surface area contributed by atoms with Gasteiger partial charge < -0.3 is 23.7 Å². The van der Waals surface area contributed by atoms with Crippen LogP contribution in [-0.2, 0) is 6.54 Å². The molecule has 2 aromatic rings. The van der Waals surface area contributed by atoms with E-state index in [-0.39, 0.29) is 11.6 Å². The Hall–Kier alpha value is -2.70. The lowest BCUT2D eigenvalue weighted by molar-refractivity contribution is 0.152. The van der Waals surface area contributed by atoms with E-state index < -0.39 is 6.09 Å². The molecule has 1 heterocycles. The molecule has 7 nitrogen and oxygen atoms in total. The van der Waals surface area contributed by atoms with Crippen LogP contribution >= 0.6 is 0 Å². The Balaban J connectivity index is 2.68. The molecule has 0 atom stereocenters. The first-order valence-corrected chi connectivity index (χ1v) is 8.07. The van der Waals surface area contributed by atoms with Gasteiger partial charge in [-0.1, -0.05) is 0 Å². The van der Waals surface area contributed by atoms with Crippen LogP contribution in [0.15, 0.2) is 23.1 Å². The lowest BCUT2D eigenvalue weighted by atomic mass is 10.1. The second-order valence-electron chi connectivity index (χ2n) is 5.91. The van der Waals surface area contributed by atoms with E-state index in [9.17, 15) is 9.59 Å². The molecule has 0 saturated carbocycles. The fraction of sp³-hybridized carbons (Fsp3) is 0.444. The molecule has 0 unspecified atom stereocenters. The van der Waals surface area contributed by atoms with E-state index in [2.05, 4.69) is 0 Å². The molecular formula is C18H24N2O5. The topological polar surface area (TPSA) is 70.0 Å². The lowest BCUT2D eigenvalue weighted by Crippen LogP contribution is -2.35. The molecule has 0 bridgehead atoms. The van der Waals surface area contributed by atoms with Gasteiger partial charge in [-0.25, -0.2) is 4.79 Å². The van der Waals surface area contributed by atoms with Gasteiger partial charge in [-0.15, -0.1) is 0 Å². The van der Waals surface area contributed by atoms with Crippen molar-refractivity contribution in [3.05, 3.63) is 28.7 Å². The van der Waals surface area contributed by atoms with Crippen molar-refractivity contribution in [2.75, 3.05) is 21.3 Å². The third kappa shape index (κ3) is 3.55. The highest BCUT2D eigenvalue weighted by Crippen LogP contribution is 2.35. The first kappa shape index (κ1) is 18.6. The summed E-state index contributed by atoms with van der Waals surface area (Å²) in [6, 6.07) is 3.24. The van der Waals surface area contributed by atoms with Gasteiger partial charge in [-0.3, -0.25) is 4.79 Å². The number of aromatic nitrogens is 1. The van der Waals surface area contributed by atoms with Crippen LogP contribution in [0.25, 0.3) is 10.8 Å². The molecule has 0 spiro atoms. The summed E-state index contributed by atoms with van der Waals surface area (Å²) in [7, 11) is 4.67. The predicted octanol–water partition coefficient (Wildman–Crippen LogP) is 2.88. The largest absolute Gasteiger partial charge is 0.493 e. The van der Waals surface area contributed by atoms with Crippen LogP contribution in [0.3, 0.4) is 0 Å². The molecule has 1 amide bonds. The molecule has 0 aliphatic rings. The van der Waals surface area contributed by atoms with Crippen molar-refractivity contribution < 1.29 is 19.0 Å². The van der Waals surface area contributed by atoms with Gasteiger partial charge in [0.25, 0.3) is 5.56 Å². The van der Waals surface area contributed by atoms with Crippen LogP contribution in [0.2, 0.25) is 0 Å². The summed E-state index contributed by atoms with van der Waals surface area (Å²) in [5.74, 6) is 1.20. The fourth-order valence-corrected chi connectivity index (χ4v) is 2.38. The van der Waals surface area contributed by atoms with Gasteiger partial charge in [-0.2, -0.15) is 0 Å². The number of hydrogen-bond donors (Lipinski definition) is 0. The smallest absolute Gasteiger partial charge is 0.415 e. The Morgan fingerprint density at radius 2 is 1.68 bits per heavy atom. The standard InChI is InChI=1S/C18H24N2O5/c1-7-20-10-16(25-18(22)19(4)11(2)3)12-8-14(23-5)15(24-6)9-13(12)17(20)21/h8-11H,7H2,1-6H3. The van der Waals surface area contributed by atoms with Crippen molar-refractivity contribution in [1.82, 2.24) is 9.47 Å². The average Bonchev–Trinajstić information content (AvgIpc) is 2.61. The summed E-state index contributed by atoms with van der Waals surface area (Å²) in [5.41, 5.74) is -0.185. The molecule has 2 rings (SSSR count). The summed E-state index contributed by atoms with van der Waals surface area (Å²) in [4.78, 5) is 26.4. The van der Waals surface area contributed by atoms with Gasteiger partial charge in [0.1, 0.15) is 0 Å². The Kier molecular flexibility index (Phi) is 5.56. The Bertz CT molecular complexity index is 841. The number of hydrogen-bond acceptors (Lipinski definition) is 5. The average molecular weight is 348 g/mol. The number of benzene rings is 1. The number of carbonyl (C=O) groups is 1. The second kappa shape index (κ2) is 7.46. The minimum atomic E-state index is -0.493. The quantitative estimate of drug-likeness (QED) is 0.831. The van der Waals surface area contributed by atoms with E-state index >= 15 is 0 Å². The summed E-state index contributed by atoms with van der Waals surface area (Å²) in [6.45, 7) is 6.08. The number of methoxy groups -OCH3 is 2. The van der Waals surface area contributed by atoms with Gasteiger partial charge >= 0.3 is 6.09 Å². The van der Waals surface area contributed by atoms with Crippen LogP contribution in [0.5, 0.6) is 17.2 Å². The van der Waals surface area contributed by atoms with Crippen molar-refractivity contribution in [2.24, 2.45) is 0 Å². The second-order valence-corrected chi connectivity index (χ2v) is 5.91. The Morgan fingerprint density at radius 1 is 1.12 bits per heavy atom. The summed E-state index contributed by atoms with van der Waals surface area (Å²) < 4.78 is 17.6. The summed E-state index contributed by atoms with van der Waals surface area (Å²) in [6.07, 6.45) is 1.05. The van der Waals surface area contributed by atoms with E-state index in [1.165, 1.54) is 23.7 Å². The number of rotatable bonds is 5. The van der Waals surface area contributed by atoms with E-state index in [4.69, 9.17) is 14.2 Å². The summed E-state index contributed by atoms with van der Waals surface area (Å²) in [5, 5.41) is 0.898. The zero-order chi connectivity index (χ0) is 18.7. The maximum absolute atomic E-state index is 12.6. The number of pyridine rings is 1. The van der Waals surface area contributed by atoms with Crippen molar-refractivity contribution >= 4 is 16.9 Å². The molecule has 1 aromatic carbocycles. The maximum atomic E-state index is 12.6. The molecule has 0 radical (unpaired) electrons. The maximum Gasteiger partial charge on any atom is 0.415 e. The monoisotopic (exact) mass is 348 g/mol. The molecule has 0 fully saturated rings. The highest BCUT2D eigenvalue weighted by molar-refractivity contribution is 5.92. The minimum Gasteiger partial charge on any atom is -0.493 e. The van der Waals surface area contributed by atoms with Crippen LogP contribution in [0.4, 0.5) is 4.79 Å². The van der Waals surface area contributed by atoms with Gasteiger partial charge in [0.2, 0.25) is 0 Å². The number of amides is 1. The zero-order valence-corrected chi connectivity index (χ0v) is 15.5. The number of nitrogens with zero attached hydrogens (tertiary/aromatic N) is 2. The molecule has 0 saturated heterocycles.